The van der Waals surface area contributed by atoms with Gasteiger partial charge in [0.2, 0.25) is 15.9 Å². The number of amides is 2. The van der Waals surface area contributed by atoms with Crippen LogP contribution in [0.5, 0.6) is 0 Å². The van der Waals surface area contributed by atoms with Crippen LogP contribution in [0.1, 0.15) is 61.4 Å². The van der Waals surface area contributed by atoms with E-state index >= 15 is 0 Å². The summed E-state index contributed by atoms with van der Waals surface area (Å²) in [6, 6.07) is 7.40. The molecule has 0 aliphatic carbocycles. The average Bonchev–Trinajstić information content (AvgIpc) is 2.78. The summed E-state index contributed by atoms with van der Waals surface area (Å²) >= 11 is 0. The highest BCUT2D eigenvalue weighted by atomic mass is 32.2. The lowest BCUT2D eigenvalue weighted by Gasteiger charge is -2.31. The largest absolute Gasteiger partial charge is 0.352 e. The summed E-state index contributed by atoms with van der Waals surface area (Å²) in [5.41, 5.74) is 1.52. The molecule has 2 amide bonds. The maximum absolute atomic E-state index is 12.7. The van der Waals surface area contributed by atoms with E-state index in [-0.39, 0.29) is 30.0 Å². The van der Waals surface area contributed by atoms with Crippen molar-refractivity contribution in [3.63, 3.8) is 0 Å². The van der Waals surface area contributed by atoms with Crippen LogP contribution in [0.25, 0.3) is 0 Å². The summed E-state index contributed by atoms with van der Waals surface area (Å²) in [5.74, 6) is -0.284. The summed E-state index contributed by atoms with van der Waals surface area (Å²) in [7, 11) is -3.28. The van der Waals surface area contributed by atoms with Crippen molar-refractivity contribution in [3.8, 4) is 0 Å². The normalized spacial score (nSPS) is 20.7. The fourth-order valence-corrected chi connectivity index (χ4v) is 5.81. The number of hydrogen-bond donors (Lipinski definition) is 1. The lowest BCUT2D eigenvalue weighted by atomic mass is 9.98. The molecule has 3 rings (SSSR count). The molecule has 1 aromatic carbocycles. The predicted molar refractivity (Wildman–Crippen MR) is 116 cm³/mol. The zero-order valence-corrected chi connectivity index (χ0v) is 18.6. The molecular weight excluding hydrogens is 402 g/mol. The van der Waals surface area contributed by atoms with Crippen LogP contribution in [-0.2, 0) is 21.4 Å². The Morgan fingerprint density at radius 2 is 1.87 bits per heavy atom. The fraction of sp³-hybridized carbons (Fsp3) is 0.636. The van der Waals surface area contributed by atoms with Gasteiger partial charge >= 0.3 is 0 Å². The lowest BCUT2D eigenvalue weighted by molar-refractivity contribution is -0.126. The van der Waals surface area contributed by atoms with Crippen LogP contribution >= 0.6 is 0 Å². The van der Waals surface area contributed by atoms with Crippen molar-refractivity contribution >= 4 is 21.8 Å². The first-order valence-corrected chi connectivity index (χ1v) is 12.7. The molecule has 0 bridgehead atoms. The molecule has 1 unspecified atom stereocenters. The minimum absolute atomic E-state index is 0.0481. The van der Waals surface area contributed by atoms with E-state index < -0.39 is 10.0 Å². The van der Waals surface area contributed by atoms with Crippen LogP contribution in [0.2, 0.25) is 0 Å². The monoisotopic (exact) mass is 435 g/mol. The number of carbonyl (C=O) groups excluding carboxylic acids is 2. The molecule has 1 N–H and O–H groups in total. The molecule has 1 atom stereocenters. The Morgan fingerprint density at radius 1 is 1.10 bits per heavy atom. The third-order valence-corrected chi connectivity index (χ3v) is 7.94. The molecule has 30 heavy (non-hydrogen) atoms. The molecule has 2 saturated heterocycles. The molecule has 0 saturated carbocycles. The van der Waals surface area contributed by atoms with E-state index in [1.165, 1.54) is 10.7 Å². The number of hydrogen-bond acceptors (Lipinski definition) is 4. The highest BCUT2D eigenvalue weighted by Crippen LogP contribution is 2.20. The molecule has 166 valence electrons. The number of rotatable bonds is 7. The predicted octanol–water partition coefficient (Wildman–Crippen LogP) is 2.38. The van der Waals surface area contributed by atoms with E-state index in [0.717, 1.165) is 31.5 Å². The van der Waals surface area contributed by atoms with Gasteiger partial charge in [0.05, 0.1) is 11.7 Å². The van der Waals surface area contributed by atoms with Gasteiger partial charge in [0, 0.05) is 38.3 Å². The summed E-state index contributed by atoms with van der Waals surface area (Å²) in [6.07, 6.45) is 5.23. The van der Waals surface area contributed by atoms with Gasteiger partial charge in [0.15, 0.2) is 0 Å². The third-order valence-electron chi connectivity index (χ3n) is 5.89. The zero-order valence-electron chi connectivity index (χ0n) is 17.8. The fourth-order valence-electron chi connectivity index (χ4n) is 4.22. The van der Waals surface area contributed by atoms with Crippen LogP contribution in [0.4, 0.5) is 0 Å². The quantitative estimate of drug-likeness (QED) is 0.712. The van der Waals surface area contributed by atoms with Crippen LogP contribution in [0, 0.1) is 5.92 Å². The molecule has 2 heterocycles. The van der Waals surface area contributed by atoms with Gasteiger partial charge in [0.1, 0.15) is 0 Å². The smallest absolute Gasteiger partial charge is 0.253 e. The molecular formula is C22H33N3O4S. The van der Waals surface area contributed by atoms with Crippen molar-refractivity contribution in [1.29, 1.82) is 0 Å². The van der Waals surface area contributed by atoms with Gasteiger partial charge in [-0.05, 0) is 56.2 Å². The van der Waals surface area contributed by atoms with E-state index in [0.29, 0.717) is 37.9 Å². The highest BCUT2D eigenvalue weighted by molar-refractivity contribution is 7.89. The number of carbonyl (C=O) groups is 2. The molecule has 0 radical (unpaired) electrons. The van der Waals surface area contributed by atoms with E-state index in [1.54, 1.807) is 0 Å². The molecule has 1 aromatic rings. The van der Waals surface area contributed by atoms with Crippen LogP contribution < -0.4 is 5.32 Å². The maximum atomic E-state index is 12.7. The molecule has 8 heteroatoms. The first-order chi connectivity index (χ1) is 14.4. The molecule has 0 aromatic heterocycles. The van der Waals surface area contributed by atoms with E-state index in [9.17, 15) is 18.0 Å². The van der Waals surface area contributed by atoms with Gasteiger partial charge in [-0.15, -0.1) is 0 Å². The van der Waals surface area contributed by atoms with Gasteiger partial charge in [-0.2, -0.15) is 0 Å². The van der Waals surface area contributed by atoms with Gasteiger partial charge < -0.3 is 10.2 Å². The number of sulfonamides is 1. The Bertz CT molecular complexity index is 850. The summed E-state index contributed by atoms with van der Waals surface area (Å²) < 4.78 is 26.1. The van der Waals surface area contributed by atoms with Crippen molar-refractivity contribution < 1.29 is 18.0 Å². The zero-order chi connectivity index (χ0) is 21.6. The first kappa shape index (κ1) is 22.7. The number of nitrogens with one attached hydrogen (secondary N) is 1. The molecule has 0 spiro atoms. The second kappa shape index (κ2) is 10.4. The molecule has 2 aliphatic heterocycles. The number of likely N-dealkylation sites (tertiary alicyclic amines) is 1. The van der Waals surface area contributed by atoms with E-state index in [4.69, 9.17) is 0 Å². The Kier molecular flexibility index (Phi) is 7.88. The summed E-state index contributed by atoms with van der Waals surface area (Å²) in [6.45, 7) is 4.53. The molecule has 2 aliphatic rings. The molecule has 2 fully saturated rings. The number of nitrogens with zero attached hydrogens (tertiary/aromatic N) is 2. The minimum atomic E-state index is -3.28. The van der Waals surface area contributed by atoms with Crippen LogP contribution in [0.3, 0.4) is 0 Å². The topological polar surface area (TPSA) is 86.8 Å². The van der Waals surface area contributed by atoms with E-state index in [2.05, 4.69) is 5.32 Å². The summed E-state index contributed by atoms with van der Waals surface area (Å²) in [5, 5.41) is 2.93. The Balaban J connectivity index is 1.56. The Labute approximate surface area is 179 Å². The Hall–Kier alpha value is -1.93. The van der Waals surface area contributed by atoms with Gasteiger partial charge in [-0.25, -0.2) is 12.7 Å². The van der Waals surface area contributed by atoms with Crippen molar-refractivity contribution in [3.05, 3.63) is 35.4 Å². The second-order valence-corrected chi connectivity index (χ2v) is 10.4. The van der Waals surface area contributed by atoms with Gasteiger partial charge in [0.25, 0.3) is 5.91 Å². The van der Waals surface area contributed by atoms with Crippen molar-refractivity contribution in [1.82, 2.24) is 14.5 Å². The maximum Gasteiger partial charge on any atom is 0.253 e. The highest BCUT2D eigenvalue weighted by Gasteiger charge is 2.31. The van der Waals surface area contributed by atoms with Crippen molar-refractivity contribution in [2.45, 2.75) is 52.0 Å². The third kappa shape index (κ3) is 5.82. The second-order valence-electron chi connectivity index (χ2n) is 8.28. The first-order valence-electron chi connectivity index (χ1n) is 11.0. The van der Waals surface area contributed by atoms with Gasteiger partial charge in [-0.3, -0.25) is 9.59 Å². The number of benzene rings is 1. The van der Waals surface area contributed by atoms with Crippen molar-refractivity contribution in [2.75, 3.05) is 31.9 Å². The van der Waals surface area contributed by atoms with E-state index in [1.807, 2.05) is 36.1 Å². The lowest BCUT2D eigenvalue weighted by Crippen LogP contribution is -2.45. The Morgan fingerprint density at radius 3 is 2.60 bits per heavy atom. The average molecular weight is 436 g/mol. The summed E-state index contributed by atoms with van der Waals surface area (Å²) in [4.78, 5) is 27.3. The van der Waals surface area contributed by atoms with Crippen LogP contribution in [-0.4, -0.2) is 61.4 Å². The minimum Gasteiger partial charge on any atom is -0.352 e. The van der Waals surface area contributed by atoms with Crippen molar-refractivity contribution in [2.24, 2.45) is 5.92 Å². The number of piperidine rings is 2. The standard InChI is InChI=1S/C22H33N3O4S/c1-2-14-30(28,29)25-13-7-10-20(17-25)21(26)23-16-18-8-6-9-19(15-18)22(27)24-11-4-3-5-12-24/h6,8-9,15,20H,2-5,7,10-14,16-17H2,1H3,(H,23,26). The van der Waals surface area contributed by atoms with Crippen LogP contribution in [0.15, 0.2) is 24.3 Å². The SMILES string of the molecule is CCCS(=O)(=O)N1CCCC(C(=O)NCc2cccc(C(=O)N3CCCCC3)c2)C1. The molecule has 7 nitrogen and oxygen atoms in total. The van der Waals surface area contributed by atoms with Gasteiger partial charge in [-0.1, -0.05) is 19.1 Å².